The second-order valence-corrected chi connectivity index (χ2v) is 4.33. The van der Waals surface area contributed by atoms with Crippen molar-refractivity contribution in [3.8, 4) is 6.07 Å². The summed E-state index contributed by atoms with van der Waals surface area (Å²) in [7, 11) is 0. The van der Waals surface area contributed by atoms with Crippen LogP contribution in [0.3, 0.4) is 0 Å². The Hall–Kier alpha value is -0.590. The largest absolute Gasteiger partial charge is 0.379 e. The summed E-state index contributed by atoms with van der Waals surface area (Å²) >= 11 is 0. The van der Waals surface area contributed by atoms with Crippen LogP contribution in [-0.2, 0) is 4.74 Å². The molecule has 1 saturated heterocycles. The zero-order chi connectivity index (χ0) is 9.31. The van der Waals surface area contributed by atoms with Gasteiger partial charge in [0, 0.05) is 18.5 Å². The lowest BCUT2D eigenvalue weighted by Crippen LogP contribution is -2.37. The number of nitrogens with zero attached hydrogens (tertiary/aromatic N) is 2. The highest BCUT2D eigenvalue weighted by Crippen LogP contribution is 2.47. The highest BCUT2D eigenvalue weighted by atomic mass is 16.5. The van der Waals surface area contributed by atoms with Gasteiger partial charge in [0.15, 0.2) is 0 Å². The molecule has 3 heteroatoms. The van der Waals surface area contributed by atoms with Crippen LogP contribution in [0.5, 0.6) is 0 Å². The van der Waals surface area contributed by atoms with Gasteiger partial charge in [0.05, 0.1) is 25.3 Å². The Labute approximate surface area is 79.3 Å². The Morgan fingerprint density at radius 1 is 1.54 bits per heavy atom. The molecule has 3 nitrogen and oxygen atoms in total. The van der Waals surface area contributed by atoms with Crippen LogP contribution in [0.4, 0.5) is 0 Å². The second kappa shape index (κ2) is 3.28. The van der Waals surface area contributed by atoms with E-state index in [0.717, 1.165) is 26.3 Å². The molecule has 0 radical (unpaired) electrons. The van der Waals surface area contributed by atoms with E-state index in [-0.39, 0.29) is 6.04 Å². The molecule has 1 aliphatic carbocycles. The van der Waals surface area contributed by atoms with E-state index in [2.05, 4.69) is 11.0 Å². The van der Waals surface area contributed by atoms with Crippen molar-refractivity contribution < 1.29 is 4.74 Å². The van der Waals surface area contributed by atoms with E-state index in [1.165, 1.54) is 12.8 Å². The summed E-state index contributed by atoms with van der Waals surface area (Å²) in [5.74, 6) is 0. The van der Waals surface area contributed by atoms with Crippen LogP contribution in [0.25, 0.3) is 0 Å². The van der Waals surface area contributed by atoms with Gasteiger partial charge >= 0.3 is 0 Å². The summed E-state index contributed by atoms with van der Waals surface area (Å²) in [6, 6.07) is 2.34. The van der Waals surface area contributed by atoms with Crippen molar-refractivity contribution in [1.82, 2.24) is 4.90 Å². The molecule has 1 atom stereocenters. The molecule has 0 aromatic heterocycles. The number of ether oxygens (including phenoxy) is 1. The molecule has 1 saturated carbocycles. The van der Waals surface area contributed by atoms with E-state index in [1.807, 2.05) is 6.92 Å². The van der Waals surface area contributed by atoms with Gasteiger partial charge in [0.2, 0.25) is 0 Å². The fraction of sp³-hybridized carbons (Fsp3) is 0.900. The highest BCUT2D eigenvalue weighted by Gasteiger charge is 2.45. The lowest BCUT2D eigenvalue weighted by molar-refractivity contribution is 0.115. The van der Waals surface area contributed by atoms with Gasteiger partial charge < -0.3 is 4.74 Å². The van der Waals surface area contributed by atoms with Gasteiger partial charge in [-0.15, -0.1) is 0 Å². The maximum Gasteiger partial charge on any atom is 0.0950 e. The third-order valence-corrected chi connectivity index (χ3v) is 3.16. The van der Waals surface area contributed by atoms with Crippen LogP contribution in [0.2, 0.25) is 0 Å². The first-order valence-electron chi connectivity index (χ1n) is 4.97. The second-order valence-electron chi connectivity index (χ2n) is 4.33. The topological polar surface area (TPSA) is 36.3 Å². The Balaban J connectivity index is 1.99. The van der Waals surface area contributed by atoms with Crippen molar-refractivity contribution in [3.63, 3.8) is 0 Å². The number of hydrogen-bond donors (Lipinski definition) is 0. The quantitative estimate of drug-likeness (QED) is 0.604. The Morgan fingerprint density at radius 2 is 2.31 bits per heavy atom. The smallest absolute Gasteiger partial charge is 0.0950 e. The molecular weight excluding hydrogens is 164 g/mol. The van der Waals surface area contributed by atoms with Crippen molar-refractivity contribution >= 4 is 0 Å². The van der Waals surface area contributed by atoms with Crippen molar-refractivity contribution in [2.45, 2.75) is 25.8 Å². The normalized spacial score (nSPS) is 29.2. The lowest BCUT2D eigenvalue weighted by Gasteiger charge is -2.24. The van der Waals surface area contributed by atoms with E-state index in [9.17, 15) is 0 Å². The molecule has 1 spiro atoms. The van der Waals surface area contributed by atoms with Gasteiger partial charge in [-0.05, 0) is 19.8 Å². The van der Waals surface area contributed by atoms with E-state index in [4.69, 9.17) is 10.00 Å². The summed E-state index contributed by atoms with van der Waals surface area (Å²) in [6.45, 7) is 5.63. The monoisotopic (exact) mass is 180 g/mol. The Kier molecular flexibility index (Phi) is 2.27. The molecule has 2 fully saturated rings. The number of hydrogen-bond acceptors (Lipinski definition) is 3. The molecule has 0 N–H and O–H groups in total. The number of nitriles is 1. The minimum atomic E-state index is 0.0409. The molecule has 1 heterocycles. The van der Waals surface area contributed by atoms with Gasteiger partial charge in [0.1, 0.15) is 0 Å². The maximum atomic E-state index is 8.84. The van der Waals surface area contributed by atoms with E-state index < -0.39 is 0 Å². The molecule has 13 heavy (non-hydrogen) atoms. The van der Waals surface area contributed by atoms with E-state index in [1.54, 1.807) is 0 Å². The third kappa shape index (κ3) is 1.84. The molecule has 0 aromatic rings. The minimum absolute atomic E-state index is 0.0409. The summed E-state index contributed by atoms with van der Waals surface area (Å²) in [4.78, 5) is 2.25. The Bertz CT molecular complexity index is 230. The summed E-state index contributed by atoms with van der Waals surface area (Å²) in [6.07, 6.45) is 2.56. The highest BCUT2D eigenvalue weighted by molar-refractivity contribution is 5.00. The first-order valence-corrected chi connectivity index (χ1v) is 4.97. The average Bonchev–Trinajstić information content (AvgIpc) is 2.93. The van der Waals surface area contributed by atoms with Crippen molar-refractivity contribution in [2.24, 2.45) is 5.41 Å². The average molecular weight is 180 g/mol. The third-order valence-electron chi connectivity index (χ3n) is 3.16. The van der Waals surface area contributed by atoms with E-state index >= 15 is 0 Å². The Morgan fingerprint density at radius 3 is 2.92 bits per heavy atom. The van der Waals surface area contributed by atoms with Crippen LogP contribution >= 0.6 is 0 Å². The predicted molar refractivity (Wildman–Crippen MR) is 49.1 cm³/mol. The van der Waals surface area contributed by atoms with Crippen LogP contribution in [0.15, 0.2) is 0 Å². The molecule has 0 amide bonds. The molecule has 0 aromatic carbocycles. The van der Waals surface area contributed by atoms with Crippen molar-refractivity contribution in [1.29, 1.82) is 5.26 Å². The van der Waals surface area contributed by atoms with Gasteiger partial charge in [-0.2, -0.15) is 5.26 Å². The number of rotatable bonds is 1. The molecule has 2 rings (SSSR count). The molecular formula is C10H16N2O. The summed E-state index contributed by atoms with van der Waals surface area (Å²) in [5, 5.41) is 8.84. The molecule has 1 aliphatic heterocycles. The standard InChI is InChI=1S/C10H16N2O/c1-9(6-11)12-4-5-13-8-10(7-12)2-3-10/h9H,2-5,7-8H2,1H3. The summed E-state index contributed by atoms with van der Waals surface area (Å²) < 4.78 is 5.55. The van der Waals surface area contributed by atoms with E-state index in [0.29, 0.717) is 5.41 Å². The van der Waals surface area contributed by atoms with Crippen LogP contribution in [0, 0.1) is 16.7 Å². The zero-order valence-corrected chi connectivity index (χ0v) is 8.12. The van der Waals surface area contributed by atoms with Gasteiger partial charge in [-0.3, -0.25) is 4.90 Å². The SMILES string of the molecule is CC(C#N)N1CCOCC2(CC2)C1. The fourth-order valence-corrected chi connectivity index (χ4v) is 1.92. The first-order chi connectivity index (χ1) is 6.26. The first kappa shape index (κ1) is 8.98. The van der Waals surface area contributed by atoms with Crippen LogP contribution in [0.1, 0.15) is 19.8 Å². The molecule has 72 valence electrons. The van der Waals surface area contributed by atoms with Crippen molar-refractivity contribution in [3.05, 3.63) is 0 Å². The fourth-order valence-electron chi connectivity index (χ4n) is 1.92. The van der Waals surface area contributed by atoms with Gasteiger partial charge in [0.25, 0.3) is 0 Å². The van der Waals surface area contributed by atoms with Crippen LogP contribution in [-0.4, -0.2) is 37.2 Å². The minimum Gasteiger partial charge on any atom is -0.379 e. The van der Waals surface area contributed by atoms with Crippen LogP contribution < -0.4 is 0 Å². The van der Waals surface area contributed by atoms with Crippen molar-refractivity contribution in [2.75, 3.05) is 26.3 Å². The van der Waals surface area contributed by atoms with Gasteiger partial charge in [-0.1, -0.05) is 0 Å². The molecule has 2 aliphatic rings. The zero-order valence-electron chi connectivity index (χ0n) is 8.12. The maximum absolute atomic E-state index is 8.84. The molecule has 1 unspecified atom stereocenters. The predicted octanol–water partition coefficient (Wildman–Crippen LogP) is 1.01. The summed E-state index contributed by atoms with van der Waals surface area (Å²) in [5.41, 5.74) is 0.418. The lowest BCUT2D eigenvalue weighted by atomic mass is 10.1. The van der Waals surface area contributed by atoms with Gasteiger partial charge in [-0.25, -0.2) is 0 Å². The molecule has 0 bridgehead atoms.